The van der Waals surface area contributed by atoms with Crippen LogP contribution in [-0.2, 0) is 0 Å². The summed E-state index contributed by atoms with van der Waals surface area (Å²) in [5.74, 6) is 2.31. The van der Waals surface area contributed by atoms with Crippen LogP contribution in [0.4, 0.5) is 0 Å². The van der Waals surface area contributed by atoms with Gasteiger partial charge in [-0.05, 0) is 36.5 Å². The molecule has 1 aliphatic carbocycles. The first-order valence-electron chi connectivity index (χ1n) is 8.35. The normalized spacial score (nSPS) is 34.7. The molecule has 1 aromatic carbocycles. The minimum absolute atomic E-state index is 0.368. The van der Waals surface area contributed by atoms with E-state index in [2.05, 4.69) is 9.88 Å². The highest BCUT2D eigenvalue weighted by atomic mass is 35.5. The first-order chi connectivity index (χ1) is 11.2. The zero-order valence-electron chi connectivity index (χ0n) is 12.8. The van der Waals surface area contributed by atoms with Gasteiger partial charge in [-0.25, -0.2) is 4.98 Å². The smallest absolute Gasteiger partial charge is 0.273 e. The predicted octanol–water partition coefficient (Wildman–Crippen LogP) is 4.18. The Morgan fingerprint density at radius 3 is 2.52 bits per heavy atom. The molecule has 3 aliphatic heterocycles. The second-order valence-electron chi connectivity index (χ2n) is 7.16. The Kier molecular flexibility index (Phi) is 3.39. The molecule has 4 heterocycles. The molecule has 1 saturated carbocycles. The number of hydrogen-bond acceptors (Lipinski definition) is 4. The third-order valence-corrected chi connectivity index (χ3v) is 6.74. The maximum atomic E-state index is 6.37. The molecule has 2 atom stereocenters. The molecule has 2 aromatic rings. The largest absolute Gasteiger partial charge is 0.466 e. The van der Waals surface area contributed by atoms with E-state index in [0.29, 0.717) is 17.9 Å². The molecular formula is C18H19ClN2OS. The van der Waals surface area contributed by atoms with Crippen molar-refractivity contribution in [3.63, 3.8) is 0 Å². The van der Waals surface area contributed by atoms with Crippen molar-refractivity contribution in [1.82, 2.24) is 9.88 Å². The number of ether oxygens (including phenoxy) is 1. The van der Waals surface area contributed by atoms with Gasteiger partial charge in [0.15, 0.2) is 0 Å². The SMILES string of the molecule is Clc1ccc(-c2cnc(OC3[C@H]4CC5C[C@H]3CN(C5)C4)s2)cc1. The molecular weight excluding hydrogens is 328 g/mol. The molecule has 0 amide bonds. The standard InChI is InChI=1S/C18H19ClN2OS/c19-15-3-1-12(2-4-15)16-7-20-18(23-16)22-17-13-5-11-6-14(17)10-21(8-11)9-13/h1-4,7,11,13-14,17H,5-6,8-10H2/t11?,13-,14-,17?/m0/s1. The van der Waals surface area contributed by atoms with Gasteiger partial charge in [0.25, 0.3) is 5.19 Å². The number of nitrogens with zero attached hydrogens (tertiary/aromatic N) is 2. The first kappa shape index (κ1) is 14.3. The van der Waals surface area contributed by atoms with E-state index in [1.165, 1.54) is 32.5 Å². The number of hydrogen-bond donors (Lipinski definition) is 0. The molecule has 0 unspecified atom stereocenters. The summed E-state index contributed by atoms with van der Waals surface area (Å²) in [6.45, 7) is 3.75. The lowest BCUT2D eigenvalue weighted by molar-refractivity contribution is -0.0985. The number of benzene rings is 1. The molecule has 5 heteroatoms. The van der Waals surface area contributed by atoms with Crippen molar-refractivity contribution in [2.45, 2.75) is 18.9 Å². The summed E-state index contributed by atoms with van der Waals surface area (Å²) in [6, 6.07) is 7.92. The Balaban J connectivity index is 1.34. The highest BCUT2D eigenvalue weighted by molar-refractivity contribution is 7.16. The van der Waals surface area contributed by atoms with E-state index >= 15 is 0 Å². The maximum Gasteiger partial charge on any atom is 0.273 e. The molecule has 3 nitrogen and oxygen atoms in total. The van der Waals surface area contributed by atoms with Gasteiger partial charge in [0.2, 0.25) is 0 Å². The fourth-order valence-corrected chi connectivity index (χ4v) is 5.67. The average molecular weight is 347 g/mol. The first-order valence-corrected chi connectivity index (χ1v) is 9.55. The molecule has 4 aliphatic rings. The number of halogens is 1. The Morgan fingerprint density at radius 1 is 1.09 bits per heavy atom. The Hall–Kier alpha value is -1.10. The van der Waals surface area contributed by atoms with Crippen molar-refractivity contribution >= 4 is 22.9 Å². The summed E-state index contributed by atoms with van der Waals surface area (Å²) in [7, 11) is 0. The van der Waals surface area contributed by atoms with Crippen LogP contribution in [0.3, 0.4) is 0 Å². The molecule has 4 fully saturated rings. The van der Waals surface area contributed by atoms with E-state index in [-0.39, 0.29) is 0 Å². The lowest BCUT2D eigenvalue weighted by atomic mass is 9.66. The van der Waals surface area contributed by atoms with Crippen LogP contribution in [0.15, 0.2) is 30.5 Å². The monoisotopic (exact) mass is 346 g/mol. The summed E-state index contributed by atoms with van der Waals surface area (Å²) in [5, 5.41) is 1.58. The molecule has 4 bridgehead atoms. The Labute approximate surface area is 145 Å². The minimum atomic E-state index is 0.368. The summed E-state index contributed by atoms with van der Waals surface area (Å²) < 4.78 is 6.37. The number of aromatic nitrogens is 1. The van der Waals surface area contributed by atoms with Crippen LogP contribution < -0.4 is 4.74 Å². The molecule has 120 valence electrons. The third kappa shape index (κ3) is 2.57. The maximum absolute atomic E-state index is 6.37. The van der Waals surface area contributed by atoms with E-state index in [9.17, 15) is 0 Å². The van der Waals surface area contributed by atoms with E-state index in [1.54, 1.807) is 11.3 Å². The predicted molar refractivity (Wildman–Crippen MR) is 93.1 cm³/mol. The van der Waals surface area contributed by atoms with Gasteiger partial charge >= 0.3 is 0 Å². The fraction of sp³-hybridized carbons (Fsp3) is 0.500. The van der Waals surface area contributed by atoms with Crippen LogP contribution in [0, 0.1) is 17.8 Å². The highest BCUT2D eigenvalue weighted by Crippen LogP contribution is 2.45. The molecule has 6 rings (SSSR count). The van der Waals surface area contributed by atoms with Gasteiger partial charge in [-0.2, -0.15) is 0 Å². The van der Waals surface area contributed by atoms with E-state index in [4.69, 9.17) is 16.3 Å². The molecule has 0 radical (unpaired) electrons. The van der Waals surface area contributed by atoms with Gasteiger partial charge in [-0.1, -0.05) is 35.1 Å². The lowest BCUT2D eigenvalue weighted by Crippen LogP contribution is -2.61. The molecule has 23 heavy (non-hydrogen) atoms. The molecule has 3 saturated heterocycles. The van der Waals surface area contributed by atoms with Crippen molar-refractivity contribution in [3.8, 4) is 15.6 Å². The van der Waals surface area contributed by atoms with Crippen molar-refractivity contribution in [3.05, 3.63) is 35.5 Å². The van der Waals surface area contributed by atoms with Crippen molar-refractivity contribution < 1.29 is 4.74 Å². The molecule has 0 N–H and O–H groups in total. The fourth-order valence-electron chi connectivity index (χ4n) is 4.73. The second kappa shape index (κ2) is 5.47. The Bertz CT molecular complexity index is 686. The van der Waals surface area contributed by atoms with Crippen molar-refractivity contribution in [2.24, 2.45) is 17.8 Å². The average Bonchev–Trinajstić information content (AvgIpc) is 2.99. The second-order valence-corrected chi connectivity index (χ2v) is 8.59. The number of thiazole rings is 1. The minimum Gasteiger partial charge on any atom is -0.466 e. The van der Waals surface area contributed by atoms with Gasteiger partial charge in [0.1, 0.15) is 6.10 Å². The zero-order valence-corrected chi connectivity index (χ0v) is 14.4. The van der Waals surface area contributed by atoms with E-state index < -0.39 is 0 Å². The van der Waals surface area contributed by atoms with Gasteiger partial charge < -0.3 is 9.64 Å². The van der Waals surface area contributed by atoms with Crippen LogP contribution in [-0.4, -0.2) is 35.6 Å². The van der Waals surface area contributed by atoms with Gasteiger partial charge in [0, 0.05) is 42.7 Å². The van der Waals surface area contributed by atoms with Gasteiger partial charge in [0.05, 0.1) is 4.88 Å². The van der Waals surface area contributed by atoms with Crippen LogP contribution in [0.5, 0.6) is 5.19 Å². The summed E-state index contributed by atoms with van der Waals surface area (Å²) in [6.07, 6.45) is 4.97. The lowest BCUT2D eigenvalue weighted by Gasteiger charge is -2.55. The summed E-state index contributed by atoms with van der Waals surface area (Å²) >= 11 is 7.61. The van der Waals surface area contributed by atoms with E-state index in [1.807, 2.05) is 30.5 Å². The van der Waals surface area contributed by atoms with Crippen LogP contribution >= 0.6 is 22.9 Å². The van der Waals surface area contributed by atoms with Gasteiger partial charge in [-0.15, -0.1) is 0 Å². The van der Waals surface area contributed by atoms with Crippen LogP contribution in [0.2, 0.25) is 5.02 Å². The van der Waals surface area contributed by atoms with Crippen molar-refractivity contribution in [1.29, 1.82) is 0 Å². The molecule has 1 aromatic heterocycles. The number of rotatable bonds is 3. The zero-order chi connectivity index (χ0) is 15.4. The highest BCUT2D eigenvalue weighted by Gasteiger charge is 2.48. The van der Waals surface area contributed by atoms with Crippen molar-refractivity contribution in [2.75, 3.05) is 19.6 Å². The summed E-state index contributed by atoms with van der Waals surface area (Å²) in [4.78, 5) is 8.29. The summed E-state index contributed by atoms with van der Waals surface area (Å²) in [5.41, 5.74) is 1.15. The quantitative estimate of drug-likeness (QED) is 0.833. The molecule has 0 spiro atoms. The number of piperidine rings is 3. The topological polar surface area (TPSA) is 25.4 Å². The third-order valence-electron chi connectivity index (χ3n) is 5.55. The van der Waals surface area contributed by atoms with Crippen LogP contribution in [0.1, 0.15) is 12.8 Å². The van der Waals surface area contributed by atoms with Crippen LogP contribution in [0.25, 0.3) is 10.4 Å². The van der Waals surface area contributed by atoms with E-state index in [0.717, 1.165) is 26.6 Å². The van der Waals surface area contributed by atoms with Gasteiger partial charge in [-0.3, -0.25) is 0 Å². The Morgan fingerprint density at radius 2 is 1.83 bits per heavy atom.